The maximum absolute atomic E-state index is 12.3. The van der Waals surface area contributed by atoms with Gasteiger partial charge in [-0.05, 0) is 32.8 Å². The van der Waals surface area contributed by atoms with Gasteiger partial charge in [-0.3, -0.25) is 4.79 Å². The Hall–Kier alpha value is -2.06. The van der Waals surface area contributed by atoms with E-state index in [9.17, 15) is 9.90 Å². The van der Waals surface area contributed by atoms with Crippen molar-refractivity contribution in [1.82, 2.24) is 20.3 Å². The Morgan fingerprint density at radius 1 is 1.42 bits per heavy atom. The zero-order valence-corrected chi connectivity index (χ0v) is 14.6. The quantitative estimate of drug-likeness (QED) is 0.866. The molecule has 8 heteroatoms. The zero-order chi connectivity index (χ0) is 17.2. The van der Waals surface area contributed by atoms with E-state index in [1.165, 1.54) is 11.3 Å². The van der Waals surface area contributed by atoms with Crippen LogP contribution < -0.4 is 10.2 Å². The summed E-state index contributed by atoms with van der Waals surface area (Å²) in [6.07, 6.45) is 4.83. The summed E-state index contributed by atoms with van der Waals surface area (Å²) in [5.74, 6) is 0.426. The van der Waals surface area contributed by atoms with Gasteiger partial charge in [0.15, 0.2) is 0 Å². The number of amides is 1. The van der Waals surface area contributed by atoms with Gasteiger partial charge in [-0.1, -0.05) is 0 Å². The van der Waals surface area contributed by atoms with Crippen molar-refractivity contribution < 1.29 is 9.90 Å². The lowest BCUT2D eigenvalue weighted by atomic mass is 9.93. The SMILES string of the molecule is Cc1nc(C)c(C(=O)NC[C@]2(O)CCCN(c3ncccn3)C2)s1. The minimum Gasteiger partial charge on any atom is -0.386 e. The van der Waals surface area contributed by atoms with Gasteiger partial charge in [0.2, 0.25) is 5.95 Å². The maximum Gasteiger partial charge on any atom is 0.263 e. The van der Waals surface area contributed by atoms with Crippen LogP contribution in [0.5, 0.6) is 0 Å². The number of hydrogen-bond acceptors (Lipinski definition) is 7. The number of aryl methyl sites for hydroxylation is 2. The summed E-state index contributed by atoms with van der Waals surface area (Å²) in [4.78, 5) is 27.6. The second kappa shape index (κ2) is 6.82. The van der Waals surface area contributed by atoms with Crippen LogP contribution in [0.15, 0.2) is 18.5 Å². The van der Waals surface area contributed by atoms with Gasteiger partial charge in [-0.25, -0.2) is 15.0 Å². The summed E-state index contributed by atoms with van der Waals surface area (Å²) < 4.78 is 0. The lowest BCUT2D eigenvalue weighted by molar-refractivity contribution is 0.0253. The molecule has 3 heterocycles. The lowest BCUT2D eigenvalue weighted by Crippen LogP contribution is -2.54. The second-order valence-electron chi connectivity index (χ2n) is 6.13. The van der Waals surface area contributed by atoms with E-state index in [4.69, 9.17) is 0 Å². The summed E-state index contributed by atoms with van der Waals surface area (Å²) in [7, 11) is 0. The maximum atomic E-state index is 12.3. The van der Waals surface area contributed by atoms with Crippen LogP contribution in [0.25, 0.3) is 0 Å². The van der Waals surface area contributed by atoms with E-state index in [0.717, 1.165) is 23.7 Å². The molecule has 128 valence electrons. The predicted octanol–water partition coefficient (Wildman–Crippen LogP) is 1.31. The van der Waals surface area contributed by atoms with E-state index in [0.29, 0.717) is 23.8 Å². The highest BCUT2D eigenvalue weighted by molar-refractivity contribution is 7.13. The van der Waals surface area contributed by atoms with Crippen molar-refractivity contribution in [2.24, 2.45) is 0 Å². The summed E-state index contributed by atoms with van der Waals surface area (Å²) in [5.41, 5.74) is -0.259. The van der Waals surface area contributed by atoms with E-state index in [2.05, 4.69) is 20.3 Å². The number of thiazole rings is 1. The highest BCUT2D eigenvalue weighted by atomic mass is 32.1. The number of nitrogens with one attached hydrogen (secondary N) is 1. The van der Waals surface area contributed by atoms with Crippen molar-refractivity contribution in [2.75, 3.05) is 24.5 Å². The first-order valence-electron chi connectivity index (χ1n) is 7.93. The molecule has 1 amide bonds. The fourth-order valence-corrected chi connectivity index (χ4v) is 3.79. The van der Waals surface area contributed by atoms with Crippen LogP contribution in [-0.4, -0.2) is 51.2 Å². The first-order chi connectivity index (χ1) is 11.5. The second-order valence-corrected chi connectivity index (χ2v) is 7.33. The van der Waals surface area contributed by atoms with Gasteiger partial charge in [0.05, 0.1) is 22.8 Å². The fraction of sp³-hybridized carbons (Fsp3) is 0.500. The van der Waals surface area contributed by atoms with Crippen LogP contribution in [0, 0.1) is 13.8 Å². The van der Waals surface area contributed by atoms with Gasteiger partial charge < -0.3 is 15.3 Å². The number of rotatable bonds is 4. The van der Waals surface area contributed by atoms with Crippen LogP contribution in [0.2, 0.25) is 0 Å². The summed E-state index contributed by atoms with van der Waals surface area (Å²) in [5, 5.41) is 14.6. The van der Waals surface area contributed by atoms with Gasteiger partial charge in [0.1, 0.15) is 4.88 Å². The standard InChI is InChI=1S/C16H21N5O2S/c1-11-13(24-12(2)20-11)14(22)19-9-16(23)5-3-8-21(10-16)15-17-6-4-7-18-15/h4,6-7,23H,3,5,8-10H2,1-2H3,(H,19,22)/t16-/m1/s1. The number of carbonyl (C=O) groups is 1. The van der Waals surface area contributed by atoms with Crippen molar-refractivity contribution in [3.63, 3.8) is 0 Å². The molecule has 1 aliphatic heterocycles. The lowest BCUT2D eigenvalue weighted by Gasteiger charge is -2.39. The van der Waals surface area contributed by atoms with E-state index >= 15 is 0 Å². The summed E-state index contributed by atoms with van der Waals surface area (Å²) in [6, 6.07) is 1.76. The number of carbonyl (C=O) groups excluding carboxylic acids is 1. The van der Waals surface area contributed by atoms with Gasteiger partial charge in [0.25, 0.3) is 5.91 Å². The number of aromatic nitrogens is 3. The van der Waals surface area contributed by atoms with Crippen LogP contribution in [0.4, 0.5) is 5.95 Å². The molecule has 0 aliphatic carbocycles. The van der Waals surface area contributed by atoms with Crippen LogP contribution in [-0.2, 0) is 0 Å². The Balaban J connectivity index is 1.63. The average molecular weight is 347 g/mol. The molecule has 0 radical (unpaired) electrons. The first-order valence-corrected chi connectivity index (χ1v) is 8.75. The molecule has 0 spiro atoms. The number of nitrogens with zero attached hydrogens (tertiary/aromatic N) is 4. The molecule has 0 saturated carbocycles. The zero-order valence-electron chi connectivity index (χ0n) is 13.8. The number of hydrogen-bond donors (Lipinski definition) is 2. The summed E-state index contributed by atoms with van der Waals surface area (Å²) in [6.45, 7) is 5.10. The molecule has 1 atom stereocenters. The third-order valence-electron chi connectivity index (χ3n) is 4.08. The van der Waals surface area contributed by atoms with E-state index < -0.39 is 5.60 Å². The van der Waals surface area contributed by atoms with E-state index in [1.807, 2.05) is 18.7 Å². The molecule has 1 aliphatic rings. The summed E-state index contributed by atoms with van der Waals surface area (Å²) >= 11 is 1.37. The highest BCUT2D eigenvalue weighted by Gasteiger charge is 2.34. The van der Waals surface area contributed by atoms with Gasteiger partial charge in [-0.15, -0.1) is 11.3 Å². The number of aliphatic hydroxyl groups is 1. The highest BCUT2D eigenvalue weighted by Crippen LogP contribution is 2.24. The first kappa shape index (κ1) is 16.8. The molecule has 3 rings (SSSR count). The van der Waals surface area contributed by atoms with Crippen molar-refractivity contribution in [3.8, 4) is 0 Å². The molecule has 24 heavy (non-hydrogen) atoms. The predicted molar refractivity (Wildman–Crippen MR) is 92.4 cm³/mol. The Bertz CT molecular complexity index is 721. The third kappa shape index (κ3) is 3.70. The van der Waals surface area contributed by atoms with Crippen molar-refractivity contribution in [3.05, 3.63) is 34.0 Å². The van der Waals surface area contributed by atoms with Gasteiger partial charge in [-0.2, -0.15) is 0 Å². The minimum absolute atomic E-state index is 0.181. The Morgan fingerprint density at radius 2 is 2.17 bits per heavy atom. The molecule has 1 saturated heterocycles. The average Bonchev–Trinajstić information content (AvgIpc) is 2.92. The number of β-amino-alcohol motifs (C(OH)–C–C–N with tert-alkyl or cyclic N) is 1. The molecule has 1 fully saturated rings. The smallest absolute Gasteiger partial charge is 0.263 e. The van der Waals surface area contributed by atoms with Crippen LogP contribution >= 0.6 is 11.3 Å². The van der Waals surface area contributed by atoms with Gasteiger partial charge >= 0.3 is 0 Å². The molecule has 7 nitrogen and oxygen atoms in total. The third-order valence-corrected chi connectivity index (χ3v) is 5.15. The van der Waals surface area contributed by atoms with Crippen LogP contribution in [0.3, 0.4) is 0 Å². The van der Waals surface area contributed by atoms with E-state index in [-0.39, 0.29) is 12.5 Å². The molecule has 0 aromatic carbocycles. The van der Waals surface area contributed by atoms with Crippen LogP contribution in [0.1, 0.15) is 33.2 Å². The van der Waals surface area contributed by atoms with Crippen molar-refractivity contribution in [1.29, 1.82) is 0 Å². The fourth-order valence-electron chi connectivity index (χ4n) is 2.95. The van der Waals surface area contributed by atoms with E-state index in [1.54, 1.807) is 18.5 Å². The molecular weight excluding hydrogens is 326 g/mol. The largest absolute Gasteiger partial charge is 0.386 e. The molecule has 0 unspecified atom stereocenters. The van der Waals surface area contributed by atoms with Gasteiger partial charge in [0, 0.05) is 25.5 Å². The molecule has 2 aromatic heterocycles. The molecular formula is C16H21N5O2S. The monoisotopic (exact) mass is 347 g/mol. The molecule has 2 N–H and O–H groups in total. The Morgan fingerprint density at radius 3 is 2.83 bits per heavy atom. The topological polar surface area (TPSA) is 91.2 Å². The molecule has 2 aromatic rings. The normalized spacial score (nSPS) is 20.9. The number of piperidine rings is 1. The van der Waals surface area contributed by atoms with Crippen molar-refractivity contribution >= 4 is 23.2 Å². The van der Waals surface area contributed by atoms with Crippen molar-refractivity contribution in [2.45, 2.75) is 32.3 Å². The Labute approximate surface area is 144 Å². The Kier molecular flexibility index (Phi) is 4.77. The molecule has 0 bridgehead atoms. The minimum atomic E-state index is -0.985. The number of anilines is 1.